The van der Waals surface area contributed by atoms with Crippen LogP contribution in [0.2, 0.25) is 0 Å². The van der Waals surface area contributed by atoms with Gasteiger partial charge in [-0.05, 0) is 12.1 Å². The molecule has 1 aromatic rings. The van der Waals surface area contributed by atoms with Crippen LogP contribution in [0.1, 0.15) is 13.8 Å². The highest BCUT2D eigenvalue weighted by molar-refractivity contribution is 6.45. The zero-order valence-corrected chi connectivity index (χ0v) is 12.6. The summed E-state index contributed by atoms with van der Waals surface area (Å²) in [6.07, 6.45) is 0. The number of rotatable bonds is 6. The number of nitrogens with one attached hydrogen (secondary N) is 3. The van der Waals surface area contributed by atoms with Crippen LogP contribution in [-0.2, 0) is 4.79 Å². The third-order valence-corrected chi connectivity index (χ3v) is 2.66. The van der Waals surface area contributed by atoms with E-state index in [1.165, 1.54) is 7.11 Å². The van der Waals surface area contributed by atoms with Gasteiger partial charge in [0.15, 0.2) is 5.84 Å². The summed E-state index contributed by atoms with van der Waals surface area (Å²) in [6.45, 7) is 3.54. The SMILES string of the molecule is COc1ccc(NC(=O)C(C)C)c(N/N=C(\C#N)C(=N)N)c1. The topological polar surface area (TPSA) is 136 Å². The summed E-state index contributed by atoms with van der Waals surface area (Å²) in [5.74, 6) is -0.262. The number of nitriles is 1. The molecule has 8 heteroatoms. The quantitative estimate of drug-likeness (QED) is 0.359. The molecule has 0 spiro atoms. The minimum absolute atomic E-state index is 0.163. The smallest absolute Gasteiger partial charge is 0.226 e. The highest BCUT2D eigenvalue weighted by Crippen LogP contribution is 2.27. The molecule has 1 amide bonds. The molecule has 0 heterocycles. The van der Waals surface area contributed by atoms with Gasteiger partial charge >= 0.3 is 0 Å². The summed E-state index contributed by atoms with van der Waals surface area (Å²) in [5, 5.41) is 22.5. The number of anilines is 2. The van der Waals surface area contributed by atoms with Crippen molar-refractivity contribution in [3.63, 3.8) is 0 Å². The van der Waals surface area contributed by atoms with Gasteiger partial charge < -0.3 is 15.8 Å². The number of carbonyl (C=O) groups excluding carboxylic acids is 1. The number of methoxy groups -OCH3 is 1. The Morgan fingerprint density at radius 3 is 2.64 bits per heavy atom. The van der Waals surface area contributed by atoms with Crippen molar-refractivity contribution in [1.82, 2.24) is 0 Å². The van der Waals surface area contributed by atoms with Gasteiger partial charge in [-0.1, -0.05) is 13.8 Å². The molecule has 0 unspecified atom stereocenters. The standard InChI is InChI=1S/C14H18N6O2/c1-8(2)14(21)18-10-5-4-9(22-3)6-11(10)19-20-12(7-15)13(16)17/h4-6,8,19H,1-3H3,(H3,16,17)(H,18,21)/b20-12+. The van der Waals surface area contributed by atoms with Gasteiger partial charge in [0.2, 0.25) is 11.6 Å². The Bertz CT molecular complexity index is 645. The molecule has 5 N–H and O–H groups in total. The number of ether oxygens (including phenoxy) is 1. The fraction of sp³-hybridized carbons (Fsp3) is 0.286. The van der Waals surface area contributed by atoms with Crippen LogP contribution in [-0.4, -0.2) is 24.6 Å². The Kier molecular flexibility index (Phi) is 5.89. The Morgan fingerprint density at radius 2 is 2.14 bits per heavy atom. The number of nitrogens with two attached hydrogens (primary N) is 1. The highest BCUT2D eigenvalue weighted by Gasteiger charge is 2.11. The number of amidine groups is 1. The van der Waals surface area contributed by atoms with Gasteiger partial charge in [0.25, 0.3) is 0 Å². The molecule has 0 fully saturated rings. The largest absolute Gasteiger partial charge is 0.497 e. The van der Waals surface area contributed by atoms with Gasteiger partial charge in [-0.3, -0.25) is 15.6 Å². The molecular weight excluding hydrogens is 284 g/mol. The number of hydrazone groups is 1. The van der Waals surface area contributed by atoms with Gasteiger partial charge in [0.1, 0.15) is 11.8 Å². The second-order valence-electron chi connectivity index (χ2n) is 4.65. The van der Waals surface area contributed by atoms with Crippen LogP contribution in [0.4, 0.5) is 11.4 Å². The first-order valence-corrected chi connectivity index (χ1v) is 6.46. The molecule has 0 aromatic heterocycles. The van der Waals surface area contributed by atoms with E-state index in [9.17, 15) is 4.79 Å². The van der Waals surface area contributed by atoms with E-state index in [1.54, 1.807) is 38.1 Å². The molecule has 8 nitrogen and oxygen atoms in total. The second-order valence-corrected chi connectivity index (χ2v) is 4.65. The Hall–Kier alpha value is -3.08. The van der Waals surface area contributed by atoms with Crippen molar-refractivity contribution in [2.45, 2.75) is 13.8 Å². The van der Waals surface area contributed by atoms with Crippen LogP contribution in [0, 0.1) is 22.7 Å². The summed E-state index contributed by atoms with van der Waals surface area (Å²) >= 11 is 0. The van der Waals surface area contributed by atoms with Crippen molar-refractivity contribution in [1.29, 1.82) is 10.7 Å². The number of nitrogens with zero attached hydrogens (tertiary/aromatic N) is 2. The van der Waals surface area contributed by atoms with Crippen LogP contribution >= 0.6 is 0 Å². The monoisotopic (exact) mass is 302 g/mol. The number of benzene rings is 1. The third-order valence-electron chi connectivity index (χ3n) is 2.66. The van der Waals surface area contributed by atoms with E-state index in [2.05, 4.69) is 15.8 Å². The summed E-state index contributed by atoms with van der Waals surface area (Å²) in [6, 6.07) is 6.64. The lowest BCUT2D eigenvalue weighted by molar-refractivity contribution is -0.118. The van der Waals surface area contributed by atoms with E-state index in [-0.39, 0.29) is 17.5 Å². The summed E-state index contributed by atoms with van der Waals surface area (Å²) in [5.41, 5.74) is 8.47. The van der Waals surface area contributed by atoms with Gasteiger partial charge in [-0.25, -0.2) is 0 Å². The fourth-order valence-electron chi connectivity index (χ4n) is 1.39. The van der Waals surface area contributed by atoms with E-state index >= 15 is 0 Å². The van der Waals surface area contributed by atoms with E-state index < -0.39 is 5.84 Å². The maximum absolute atomic E-state index is 11.8. The molecule has 1 aromatic carbocycles. The molecule has 0 bridgehead atoms. The lowest BCUT2D eigenvalue weighted by Gasteiger charge is -2.13. The van der Waals surface area contributed by atoms with E-state index in [0.717, 1.165) is 0 Å². The van der Waals surface area contributed by atoms with Crippen molar-refractivity contribution < 1.29 is 9.53 Å². The van der Waals surface area contributed by atoms with Crippen LogP contribution < -0.4 is 21.2 Å². The molecule has 1 rings (SSSR count). The van der Waals surface area contributed by atoms with Crippen LogP contribution in [0.15, 0.2) is 23.3 Å². The molecule has 116 valence electrons. The molecule has 0 radical (unpaired) electrons. The molecule has 0 aliphatic heterocycles. The fourth-order valence-corrected chi connectivity index (χ4v) is 1.39. The van der Waals surface area contributed by atoms with E-state index in [1.807, 2.05) is 0 Å². The highest BCUT2D eigenvalue weighted by atomic mass is 16.5. The van der Waals surface area contributed by atoms with Crippen molar-refractivity contribution in [3.8, 4) is 11.8 Å². The number of carbonyl (C=O) groups is 1. The molecule has 0 aliphatic carbocycles. The predicted molar refractivity (Wildman–Crippen MR) is 85.0 cm³/mol. The van der Waals surface area contributed by atoms with Crippen LogP contribution in [0.25, 0.3) is 0 Å². The van der Waals surface area contributed by atoms with Gasteiger partial charge in [0.05, 0.1) is 18.5 Å². The normalized spacial score (nSPS) is 10.8. The third kappa shape index (κ3) is 4.49. The Balaban J connectivity index is 3.11. The van der Waals surface area contributed by atoms with Crippen molar-refractivity contribution >= 4 is 28.8 Å². The Morgan fingerprint density at radius 1 is 1.45 bits per heavy atom. The predicted octanol–water partition coefficient (Wildman–Crippen LogP) is 1.52. The lowest BCUT2D eigenvalue weighted by Crippen LogP contribution is -2.22. The molecule has 0 saturated heterocycles. The van der Waals surface area contributed by atoms with Crippen molar-refractivity contribution in [3.05, 3.63) is 18.2 Å². The number of hydrogen-bond acceptors (Lipinski definition) is 6. The molecule has 0 atom stereocenters. The first-order valence-electron chi connectivity index (χ1n) is 6.46. The average Bonchev–Trinajstić information content (AvgIpc) is 2.48. The maximum Gasteiger partial charge on any atom is 0.226 e. The molecule has 22 heavy (non-hydrogen) atoms. The first-order chi connectivity index (χ1) is 10.4. The average molecular weight is 302 g/mol. The van der Waals surface area contributed by atoms with Crippen LogP contribution in [0.5, 0.6) is 5.75 Å². The minimum atomic E-state index is -0.453. The summed E-state index contributed by atoms with van der Waals surface area (Å²) in [7, 11) is 1.50. The minimum Gasteiger partial charge on any atom is -0.497 e. The first kappa shape index (κ1) is 17.0. The van der Waals surface area contributed by atoms with E-state index in [0.29, 0.717) is 17.1 Å². The second kappa shape index (κ2) is 7.64. The number of amides is 1. The van der Waals surface area contributed by atoms with Gasteiger partial charge in [-0.2, -0.15) is 10.4 Å². The van der Waals surface area contributed by atoms with E-state index in [4.69, 9.17) is 21.1 Å². The van der Waals surface area contributed by atoms with Gasteiger partial charge in [-0.15, -0.1) is 0 Å². The summed E-state index contributed by atoms with van der Waals surface area (Å²) < 4.78 is 5.11. The molecule has 0 saturated carbocycles. The zero-order chi connectivity index (χ0) is 16.7. The summed E-state index contributed by atoms with van der Waals surface area (Å²) in [4.78, 5) is 11.8. The van der Waals surface area contributed by atoms with Gasteiger partial charge in [0, 0.05) is 12.0 Å². The lowest BCUT2D eigenvalue weighted by atomic mass is 10.2. The zero-order valence-electron chi connectivity index (χ0n) is 12.6. The van der Waals surface area contributed by atoms with Crippen LogP contribution in [0.3, 0.4) is 0 Å². The van der Waals surface area contributed by atoms with Crippen molar-refractivity contribution in [2.24, 2.45) is 16.8 Å². The molecular formula is C14H18N6O2. The number of hydrogen-bond donors (Lipinski definition) is 4. The maximum atomic E-state index is 11.8. The molecule has 0 aliphatic rings. The Labute approximate surface area is 128 Å². The van der Waals surface area contributed by atoms with Crippen molar-refractivity contribution in [2.75, 3.05) is 17.9 Å².